The van der Waals surface area contributed by atoms with E-state index in [1.165, 1.54) is 31.5 Å². The maximum atomic E-state index is 4.13. The minimum atomic E-state index is 0.578. The fraction of sp³-hybridized carbons (Fsp3) is 0.529. The van der Waals surface area contributed by atoms with Gasteiger partial charge >= 0.3 is 0 Å². The molecule has 104 valence electrons. The monoisotopic (exact) mass is 258 g/mol. The van der Waals surface area contributed by atoms with E-state index in [2.05, 4.69) is 42.5 Å². The maximum absolute atomic E-state index is 4.13. The number of nitrogens with zero attached hydrogens (tertiary/aromatic N) is 2. The Hall–Kier alpha value is -1.28. The molecule has 0 aromatic heterocycles. The minimum Gasteiger partial charge on any atom is -0.372 e. The first-order valence-corrected chi connectivity index (χ1v) is 7.14. The van der Waals surface area contributed by atoms with Crippen LogP contribution < -0.4 is 0 Å². The molecule has 0 bridgehead atoms. The lowest BCUT2D eigenvalue weighted by Gasteiger charge is -2.54. The summed E-state index contributed by atoms with van der Waals surface area (Å²) in [5, 5.41) is 0. The summed E-state index contributed by atoms with van der Waals surface area (Å²) in [5.41, 5.74) is 2.97. The van der Waals surface area contributed by atoms with E-state index >= 15 is 0 Å². The van der Waals surface area contributed by atoms with Gasteiger partial charge in [-0.1, -0.05) is 37.5 Å². The van der Waals surface area contributed by atoms with Gasteiger partial charge in [0.05, 0.1) is 0 Å². The number of piperidine rings is 1. The smallest absolute Gasteiger partial charge is 0.0293 e. The molecule has 0 amide bonds. The molecule has 0 aromatic carbocycles. The molecule has 2 rings (SSSR count). The molecule has 2 aliphatic heterocycles. The second-order valence-corrected chi connectivity index (χ2v) is 6.18. The Balaban J connectivity index is 1.78. The van der Waals surface area contributed by atoms with Gasteiger partial charge in [-0.25, -0.2) is 0 Å². The second kappa shape index (κ2) is 5.79. The zero-order chi connectivity index (χ0) is 13.9. The Bertz CT molecular complexity index is 389. The lowest BCUT2D eigenvalue weighted by molar-refractivity contribution is -0.0346. The molecule has 0 unspecified atom stereocenters. The molecule has 0 atom stereocenters. The highest BCUT2D eigenvalue weighted by molar-refractivity contribution is 5.18. The molecule has 0 radical (unpaired) electrons. The van der Waals surface area contributed by atoms with Crippen LogP contribution in [0.25, 0.3) is 0 Å². The Morgan fingerprint density at radius 3 is 2.37 bits per heavy atom. The van der Waals surface area contributed by atoms with E-state index in [0.29, 0.717) is 5.41 Å². The van der Waals surface area contributed by atoms with Crippen LogP contribution in [0.2, 0.25) is 0 Å². The van der Waals surface area contributed by atoms with E-state index in [1.54, 1.807) is 6.08 Å². The van der Waals surface area contributed by atoms with Crippen LogP contribution in [0.3, 0.4) is 0 Å². The summed E-state index contributed by atoms with van der Waals surface area (Å²) in [6.45, 7) is 19.8. The molecule has 0 saturated carbocycles. The van der Waals surface area contributed by atoms with Crippen LogP contribution in [-0.2, 0) is 0 Å². The molecule has 2 heterocycles. The molecular formula is C17H26N2. The zero-order valence-electron chi connectivity index (χ0n) is 12.2. The first kappa shape index (κ1) is 14.1. The van der Waals surface area contributed by atoms with Crippen LogP contribution in [0.4, 0.5) is 0 Å². The van der Waals surface area contributed by atoms with E-state index in [-0.39, 0.29) is 0 Å². The molecule has 2 aliphatic rings. The van der Waals surface area contributed by atoms with Gasteiger partial charge < -0.3 is 4.90 Å². The molecule has 2 heteroatoms. The Labute approximate surface area is 117 Å². The standard InChI is InChI=1S/C17H26N2/c1-5-6-7-16(4)19-10-8-17(9-11-19)13-18(14-17)12-15(2)3/h5-7H,1-2,4,8-14H2,3H3/b7-6+. The molecule has 0 aliphatic carbocycles. The first-order valence-electron chi connectivity index (χ1n) is 7.14. The fourth-order valence-electron chi connectivity index (χ4n) is 3.26. The highest BCUT2D eigenvalue weighted by Gasteiger charge is 2.44. The number of likely N-dealkylation sites (tertiary alicyclic amines) is 2. The summed E-state index contributed by atoms with van der Waals surface area (Å²) in [6.07, 6.45) is 8.41. The van der Waals surface area contributed by atoms with E-state index in [1.807, 2.05) is 6.08 Å². The first-order chi connectivity index (χ1) is 9.04. The van der Waals surface area contributed by atoms with E-state index in [0.717, 1.165) is 25.3 Å². The van der Waals surface area contributed by atoms with E-state index in [4.69, 9.17) is 0 Å². The lowest BCUT2D eigenvalue weighted by atomic mass is 9.72. The topological polar surface area (TPSA) is 6.48 Å². The molecule has 0 aromatic rings. The number of rotatable bonds is 5. The van der Waals surface area contributed by atoms with Crippen molar-refractivity contribution < 1.29 is 0 Å². The average Bonchev–Trinajstić information content (AvgIpc) is 2.34. The summed E-state index contributed by atoms with van der Waals surface area (Å²) < 4.78 is 0. The van der Waals surface area contributed by atoms with Crippen molar-refractivity contribution in [2.75, 3.05) is 32.7 Å². The van der Waals surface area contributed by atoms with Gasteiger partial charge in [-0.2, -0.15) is 0 Å². The molecule has 2 fully saturated rings. The number of allylic oxidation sites excluding steroid dienone is 3. The third-order valence-electron chi connectivity index (χ3n) is 4.27. The van der Waals surface area contributed by atoms with Crippen LogP contribution in [0, 0.1) is 5.41 Å². The third kappa shape index (κ3) is 3.38. The zero-order valence-corrected chi connectivity index (χ0v) is 12.2. The van der Waals surface area contributed by atoms with Gasteiger partial charge in [0.25, 0.3) is 0 Å². The van der Waals surface area contributed by atoms with Crippen LogP contribution in [0.1, 0.15) is 19.8 Å². The lowest BCUT2D eigenvalue weighted by Crippen LogP contribution is -2.60. The Morgan fingerprint density at radius 2 is 1.84 bits per heavy atom. The van der Waals surface area contributed by atoms with Crippen molar-refractivity contribution >= 4 is 0 Å². The molecular weight excluding hydrogens is 232 g/mol. The van der Waals surface area contributed by atoms with Crippen molar-refractivity contribution in [1.29, 1.82) is 0 Å². The predicted octanol–water partition coefficient (Wildman–Crippen LogP) is 3.22. The summed E-state index contributed by atoms with van der Waals surface area (Å²) in [4.78, 5) is 4.91. The Morgan fingerprint density at radius 1 is 1.21 bits per heavy atom. The van der Waals surface area contributed by atoms with Gasteiger partial charge in [0, 0.05) is 38.4 Å². The van der Waals surface area contributed by atoms with Crippen molar-refractivity contribution in [3.63, 3.8) is 0 Å². The average molecular weight is 258 g/mol. The van der Waals surface area contributed by atoms with Crippen LogP contribution >= 0.6 is 0 Å². The highest BCUT2D eigenvalue weighted by Crippen LogP contribution is 2.41. The van der Waals surface area contributed by atoms with Crippen LogP contribution in [-0.4, -0.2) is 42.5 Å². The van der Waals surface area contributed by atoms with Crippen molar-refractivity contribution in [3.05, 3.63) is 49.2 Å². The van der Waals surface area contributed by atoms with Crippen molar-refractivity contribution in [2.45, 2.75) is 19.8 Å². The Kier molecular flexibility index (Phi) is 4.31. The number of hydrogen-bond donors (Lipinski definition) is 0. The molecule has 0 N–H and O–H groups in total. The van der Waals surface area contributed by atoms with Crippen molar-refractivity contribution in [1.82, 2.24) is 9.80 Å². The SMILES string of the molecule is C=C/C=C/C(=C)N1CCC2(CC1)CN(CC(=C)C)C2. The van der Waals surface area contributed by atoms with Crippen LogP contribution in [0.15, 0.2) is 49.2 Å². The summed E-state index contributed by atoms with van der Waals surface area (Å²) >= 11 is 0. The molecule has 2 saturated heterocycles. The fourth-order valence-corrected chi connectivity index (χ4v) is 3.26. The maximum Gasteiger partial charge on any atom is 0.0293 e. The summed E-state index contributed by atoms with van der Waals surface area (Å²) in [7, 11) is 0. The molecule has 1 spiro atoms. The van der Waals surface area contributed by atoms with E-state index < -0.39 is 0 Å². The van der Waals surface area contributed by atoms with Crippen LogP contribution in [0.5, 0.6) is 0 Å². The summed E-state index contributed by atoms with van der Waals surface area (Å²) in [6, 6.07) is 0. The van der Waals surface area contributed by atoms with Gasteiger partial charge in [0.2, 0.25) is 0 Å². The highest BCUT2D eigenvalue weighted by atomic mass is 15.2. The second-order valence-electron chi connectivity index (χ2n) is 6.18. The van der Waals surface area contributed by atoms with Crippen molar-refractivity contribution in [2.24, 2.45) is 5.41 Å². The largest absolute Gasteiger partial charge is 0.372 e. The van der Waals surface area contributed by atoms with Gasteiger partial charge in [-0.3, -0.25) is 4.90 Å². The van der Waals surface area contributed by atoms with Gasteiger partial charge in [0.1, 0.15) is 0 Å². The predicted molar refractivity (Wildman–Crippen MR) is 83.0 cm³/mol. The van der Waals surface area contributed by atoms with Gasteiger partial charge in [0.15, 0.2) is 0 Å². The van der Waals surface area contributed by atoms with Gasteiger partial charge in [-0.15, -0.1) is 0 Å². The van der Waals surface area contributed by atoms with Gasteiger partial charge in [-0.05, 0) is 31.3 Å². The normalized spacial score (nSPS) is 22.5. The minimum absolute atomic E-state index is 0.578. The summed E-state index contributed by atoms with van der Waals surface area (Å²) in [5.74, 6) is 0. The van der Waals surface area contributed by atoms with E-state index in [9.17, 15) is 0 Å². The number of hydrogen-bond acceptors (Lipinski definition) is 2. The van der Waals surface area contributed by atoms with Crippen molar-refractivity contribution in [3.8, 4) is 0 Å². The molecule has 19 heavy (non-hydrogen) atoms. The molecule has 2 nitrogen and oxygen atoms in total. The third-order valence-corrected chi connectivity index (χ3v) is 4.27. The quantitative estimate of drug-likeness (QED) is 0.552.